The van der Waals surface area contributed by atoms with Gasteiger partial charge in [0.05, 0.1) is 12.7 Å². The van der Waals surface area contributed by atoms with Crippen molar-refractivity contribution >= 4 is 23.4 Å². The quantitative estimate of drug-likeness (QED) is 0.765. The third kappa shape index (κ3) is 4.30. The van der Waals surface area contributed by atoms with Crippen molar-refractivity contribution in [3.05, 3.63) is 64.2 Å². The Balaban J connectivity index is 1.50. The van der Waals surface area contributed by atoms with Gasteiger partial charge < -0.3 is 15.0 Å². The van der Waals surface area contributed by atoms with Gasteiger partial charge >= 0.3 is 0 Å². The second kappa shape index (κ2) is 7.84. The van der Waals surface area contributed by atoms with Crippen LogP contribution >= 0.6 is 11.6 Å². The summed E-state index contributed by atoms with van der Waals surface area (Å²) in [5, 5.41) is 3.49. The Hall–Kier alpha value is -2.53. The molecule has 2 fully saturated rings. The van der Waals surface area contributed by atoms with Crippen molar-refractivity contribution in [2.45, 2.75) is 44.3 Å². The van der Waals surface area contributed by atoms with Crippen molar-refractivity contribution < 1.29 is 14.3 Å². The molecule has 1 N–H and O–H groups in total. The molecule has 0 atom stereocenters. The molecule has 5 nitrogen and oxygen atoms in total. The lowest BCUT2D eigenvalue weighted by Crippen LogP contribution is -2.33. The maximum absolute atomic E-state index is 13.2. The minimum absolute atomic E-state index is 0.0344. The standard InChI is InChI=1S/C22H23ClN2O3/c1-28-20-11-6-16(23)12-19(20)22(27)25(18-9-10-18)13-14-2-4-15(5-3-14)21(26)24-17-7-8-17/h2-6,11-12,17-18H,7-10,13H2,1H3,(H,24,26). The van der Waals surface area contributed by atoms with Gasteiger partial charge in [-0.3, -0.25) is 9.59 Å². The van der Waals surface area contributed by atoms with Gasteiger partial charge in [0.25, 0.3) is 11.8 Å². The Morgan fingerprint density at radius 2 is 1.82 bits per heavy atom. The molecule has 0 saturated heterocycles. The first-order chi connectivity index (χ1) is 13.5. The third-order valence-corrected chi connectivity index (χ3v) is 5.36. The van der Waals surface area contributed by atoms with E-state index in [-0.39, 0.29) is 17.9 Å². The molecule has 6 heteroatoms. The van der Waals surface area contributed by atoms with E-state index in [4.69, 9.17) is 16.3 Å². The number of carbonyl (C=O) groups is 2. The van der Waals surface area contributed by atoms with Crippen LogP contribution in [0.1, 0.15) is 52.0 Å². The lowest BCUT2D eigenvalue weighted by molar-refractivity contribution is 0.0726. The minimum atomic E-state index is -0.0857. The highest BCUT2D eigenvalue weighted by molar-refractivity contribution is 6.31. The van der Waals surface area contributed by atoms with E-state index in [0.717, 1.165) is 31.2 Å². The van der Waals surface area contributed by atoms with Crippen LogP contribution < -0.4 is 10.1 Å². The molecule has 2 aliphatic carbocycles. The lowest BCUT2D eigenvalue weighted by atomic mass is 10.1. The summed E-state index contributed by atoms with van der Waals surface area (Å²) in [7, 11) is 1.55. The Bertz CT molecular complexity index is 889. The first-order valence-corrected chi connectivity index (χ1v) is 9.97. The van der Waals surface area contributed by atoms with Crippen LogP contribution in [0.3, 0.4) is 0 Å². The molecule has 0 bridgehead atoms. The monoisotopic (exact) mass is 398 g/mol. The van der Waals surface area contributed by atoms with Crippen LogP contribution in [0.25, 0.3) is 0 Å². The summed E-state index contributed by atoms with van der Waals surface area (Å²) in [6, 6.07) is 13.1. The van der Waals surface area contributed by atoms with Crippen LogP contribution in [-0.4, -0.2) is 35.9 Å². The van der Waals surface area contributed by atoms with Gasteiger partial charge in [-0.25, -0.2) is 0 Å². The molecule has 0 heterocycles. The molecule has 2 aromatic rings. The number of carbonyl (C=O) groups excluding carboxylic acids is 2. The zero-order valence-electron chi connectivity index (χ0n) is 15.8. The number of halogens is 1. The molecule has 2 saturated carbocycles. The van der Waals surface area contributed by atoms with E-state index < -0.39 is 0 Å². The summed E-state index contributed by atoms with van der Waals surface area (Å²) in [5.74, 6) is 0.400. The number of ether oxygens (including phenoxy) is 1. The van der Waals surface area contributed by atoms with Crippen molar-refractivity contribution in [3.8, 4) is 5.75 Å². The fourth-order valence-corrected chi connectivity index (χ4v) is 3.38. The average Bonchev–Trinajstić information content (AvgIpc) is 3.60. The highest BCUT2D eigenvalue weighted by Crippen LogP contribution is 2.32. The number of amides is 2. The fourth-order valence-electron chi connectivity index (χ4n) is 3.21. The highest BCUT2D eigenvalue weighted by atomic mass is 35.5. The number of nitrogens with zero attached hydrogens (tertiary/aromatic N) is 1. The summed E-state index contributed by atoms with van der Waals surface area (Å²) < 4.78 is 5.35. The van der Waals surface area contributed by atoms with E-state index in [1.807, 2.05) is 29.2 Å². The van der Waals surface area contributed by atoms with E-state index in [9.17, 15) is 9.59 Å². The molecule has 2 aromatic carbocycles. The van der Waals surface area contributed by atoms with Gasteiger partial charge in [-0.05, 0) is 61.6 Å². The first-order valence-electron chi connectivity index (χ1n) is 9.59. The number of methoxy groups -OCH3 is 1. The molecular weight excluding hydrogens is 376 g/mol. The van der Waals surface area contributed by atoms with Crippen molar-refractivity contribution in [1.29, 1.82) is 0 Å². The number of rotatable bonds is 7. The second-order valence-corrected chi connectivity index (χ2v) is 7.89. The Morgan fingerprint density at radius 3 is 2.43 bits per heavy atom. The zero-order valence-corrected chi connectivity index (χ0v) is 16.5. The van der Waals surface area contributed by atoms with E-state index >= 15 is 0 Å². The summed E-state index contributed by atoms with van der Waals surface area (Å²) in [4.78, 5) is 27.2. The first kappa shape index (κ1) is 18.8. The van der Waals surface area contributed by atoms with Gasteiger partial charge in [-0.1, -0.05) is 23.7 Å². The maximum atomic E-state index is 13.2. The van der Waals surface area contributed by atoms with E-state index in [1.54, 1.807) is 25.3 Å². The molecule has 0 radical (unpaired) electrons. The molecule has 0 unspecified atom stereocenters. The van der Waals surface area contributed by atoms with Crippen LogP contribution in [-0.2, 0) is 6.54 Å². The predicted octanol–water partition coefficient (Wildman–Crippen LogP) is 4.05. The average molecular weight is 399 g/mol. The summed E-state index contributed by atoms with van der Waals surface area (Å²) in [6.45, 7) is 0.490. The van der Waals surface area contributed by atoms with E-state index in [1.165, 1.54) is 0 Å². The number of benzene rings is 2. The van der Waals surface area contributed by atoms with Gasteiger partial charge in [-0.2, -0.15) is 0 Å². The van der Waals surface area contributed by atoms with Crippen molar-refractivity contribution in [2.75, 3.05) is 7.11 Å². The number of hydrogen-bond donors (Lipinski definition) is 1. The molecule has 0 aliphatic heterocycles. The highest BCUT2D eigenvalue weighted by Gasteiger charge is 2.34. The van der Waals surface area contributed by atoms with Gasteiger partial charge in [-0.15, -0.1) is 0 Å². The van der Waals surface area contributed by atoms with Crippen LogP contribution in [0.15, 0.2) is 42.5 Å². The predicted molar refractivity (Wildman–Crippen MR) is 108 cm³/mol. The molecule has 146 valence electrons. The van der Waals surface area contributed by atoms with Crippen molar-refractivity contribution in [2.24, 2.45) is 0 Å². The number of hydrogen-bond acceptors (Lipinski definition) is 3. The number of nitrogens with one attached hydrogen (secondary N) is 1. The Kier molecular flexibility index (Phi) is 5.27. The summed E-state index contributed by atoms with van der Waals surface area (Å²) in [6.07, 6.45) is 4.12. The normalized spacial score (nSPS) is 15.8. The maximum Gasteiger partial charge on any atom is 0.258 e. The van der Waals surface area contributed by atoms with Crippen molar-refractivity contribution in [1.82, 2.24) is 10.2 Å². The van der Waals surface area contributed by atoms with Crippen molar-refractivity contribution in [3.63, 3.8) is 0 Å². The molecule has 2 aliphatic rings. The van der Waals surface area contributed by atoms with Gasteiger partial charge in [0.15, 0.2) is 0 Å². The van der Waals surface area contributed by atoms with E-state index in [0.29, 0.717) is 34.5 Å². The minimum Gasteiger partial charge on any atom is -0.496 e. The molecule has 2 amide bonds. The SMILES string of the molecule is COc1ccc(Cl)cc1C(=O)N(Cc1ccc(C(=O)NC2CC2)cc1)C1CC1. The van der Waals surface area contributed by atoms with E-state index in [2.05, 4.69) is 5.32 Å². The van der Waals surface area contributed by atoms with Crippen LogP contribution in [0.5, 0.6) is 5.75 Å². The zero-order chi connectivity index (χ0) is 19.7. The topological polar surface area (TPSA) is 58.6 Å². The summed E-state index contributed by atoms with van der Waals surface area (Å²) in [5.41, 5.74) is 2.11. The lowest BCUT2D eigenvalue weighted by Gasteiger charge is -2.24. The molecule has 0 spiro atoms. The molecular formula is C22H23ClN2O3. The van der Waals surface area contributed by atoms with Crippen LogP contribution in [0.2, 0.25) is 5.02 Å². The molecule has 4 rings (SSSR count). The molecule has 0 aromatic heterocycles. The third-order valence-electron chi connectivity index (χ3n) is 5.12. The van der Waals surface area contributed by atoms with Gasteiger partial charge in [0.1, 0.15) is 5.75 Å². The fraction of sp³-hybridized carbons (Fsp3) is 0.364. The Labute approximate surface area is 169 Å². The van der Waals surface area contributed by atoms with Crippen LogP contribution in [0, 0.1) is 0 Å². The molecule has 28 heavy (non-hydrogen) atoms. The second-order valence-electron chi connectivity index (χ2n) is 7.45. The Morgan fingerprint density at radius 1 is 1.11 bits per heavy atom. The van der Waals surface area contributed by atoms with Gasteiger partial charge in [0, 0.05) is 29.2 Å². The largest absolute Gasteiger partial charge is 0.496 e. The van der Waals surface area contributed by atoms with Crippen LogP contribution in [0.4, 0.5) is 0 Å². The summed E-state index contributed by atoms with van der Waals surface area (Å²) >= 11 is 6.10. The smallest absolute Gasteiger partial charge is 0.258 e. The van der Waals surface area contributed by atoms with Gasteiger partial charge in [0.2, 0.25) is 0 Å².